The average Bonchev–Trinajstić information content (AvgIpc) is 2.83. The molecular weight excluding hydrogens is 219 g/mol. The molecular formula is C11H12F3NO. The van der Waals surface area contributed by atoms with Crippen molar-refractivity contribution in [1.29, 1.82) is 0 Å². The standard InChI is InChI=1S/C11H12F3NO/c1-16-9-4-7(2-3-8(9)12)10(6-15)5-11(10,13)14/h2-4H,5-6,15H2,1H3. The zero-order chi connectivity index (χ0) is 12.0. The van der Waals surface area contributed by atoms with Crippen molar-refractivity contribution in [2.75, 3.05) is 13.7 Å². The summed E-state index contributed by atoms with van der Waals surface area (Å²) in [5.41, 5.74) is 4.38. The molecule has 0 aliphatic heterocycles. The van der Waals surface area contributed by atoms with Gasteiger partial charge in [0.25, 0.3) is 5.92 Å². The fourth-order valence-corrected chi connectivity index (χ4v) is 1.94. The fraction of sp³-hybridized carbons (Fsp3) is 0.455. The summed E-state index contributed by atoms with van der Waals surface area (Å²) in [6.45, 7) is -0.158. The summed E-state index contributed by atoms with van der Waals surface area (Å²) in [4.78, 5) is 0. The van der Waals surface area contributed by atoms with Gasteiger partial charge in [0.1, 0.15) is 0 Å². The van der Waals surface area contributed by atoms with Gasteiger partial charge in [-0.2, -0.15) is 0 Å². The van der Waals surface area contributed by atoms with Gasteiger partial charge in [-0.3, -0.25) is 0 Å². The number of hydrogen-bond donors (Lipinski definition) is 1. The third-order valence-electron chi connectivity index (χ3n) is 3.15. The summed E-state index contributed by atoms with van der Waals surface area (Å²) >= 11 is 0. The van der Waals surface area contributed by atoms with Gasteiger partial charge in [-0.05, 0) is 17.7 Å². The monoisotopic (exact) mass is 231 g/mol. The van der Waals surface area contributed by atoms with Crippen LogP contribution in [0.1, 0.15) is 12.0 Å². The van der Waals surface area contributed by atoms with Gasteiger partial charge in [-0.25, -0.2) is 13.2 Å². The molecule has 1 aromatic rings. The lowest BCUT2D eigenvalue weighted by Gasteiger charge is -2.15. The minimum atomic E-state index is -2.80. The third-order valence-corrected chi connectivity index (χ3v) is 3.15. The Morgan fingerprint density at radius 3 is 2.50 bits per heavy atom. The molecule has 1 atom stereocenters. The Kier molecular flexibility index (Phi) is 2.38. The first-order chi connectivity index (χ1) is 7.47. The van der Waals surface area contributed by atoms with Crippen LogP contribution in [0, 0.1) is 5.82 Å². The van der Waals surface area contributed by atoms with E-state index in [1.54, 1.807) is 0 Å². The normalized spacial score (nSPS) is 26.6. The zero-order valence-electron chi connectivity index (χ0n) is 8.77. The van der Waals surface area contributed by atoms with E-state index in [1.807, 2.05) is 0 Å². The van der Waals surface area contributed by atoms with Crippen LogP contribution < -0.4 is 10.5 Å². The van der Waals surface area contributed by atoms with Gasteiger partial charge in [0.15, 0.2) is 11.6 Å². The van der Waals surface area contributed by atoms with Crippen molar-refractivity contribution >= 4 is 0 Å². The summed E-state index contributed by atoms with van der Waals surface area (Å²) in [5, 5.41) is 0. The highest BCUT2D eigenvalue weighted by Crippen LogP contribution is 2.61. The smallest absolute Gasteiger partial charge is 0.260 e. The van der Waals surface area contributed by atoms with Gasteiger partial charge in [0.2, 0.25) is 0 Å². The molecule has 5 heteroatoms. The van der Waals surface area contributed by atoms with Crippen molar-refractivity contribution in [3.63, 3.8) is 0 Å². The molecule has 0 radical (unpaired) electrons. The molecule has 1 fully saturated rings. The average molecular weight is 231 g/mol. The molecule has 0 saturated heterocycles. The lowest BCUT2D eigenvalue weighted by Crippen LogP contribution is -2.26. The van der Waals surface area contributed by atoms with E-state index in [-0.39, 0.29) is 18.7 Å². The van der Waals surface area contributed by atoms with Crippen LogP contribution in [0.25, 0.3) is 0 Å². The van der Waals surface area contributed by atoms with Crippen LogP contribution in [0.3, 0.4) is 0 Å². The molecule has 0 amide bonds. The number of nitrogens with two attached hydrogens (primary N) is 1. The molecule has 2 nitrogen and oxygen atoms in total. The Morgan fingerprint density at radius 1 is 1.44 bits per heavy atom. The molecule has 16 heavy (non-hydrogen) atoms. The second-order valence-electron chi connectivity index (χ2n) is 4.02. The fourth-order valence-electron chi connectivity index (χ4n) is 1.94. The molecule has 1 aromatic carbocycles. The minimum Gasteiger partial charge on any atom is -0.494 e. The topological polar surface area (TPSA) is 35.2 Å². The van der Waals surface area contributed by atoms with Crippen LogP contribution >= 0.6 is 0 Å². The van der Waals surface area contributed by atoms with E-state index in [9.17, 15) is 13.2 Å². The summed E-state index contributed by atoms with van der Waals surface area (Å²) in [7, 11) is 1.29. The number of halogens is 3. The molecule has 0 bridgehead atoms. The molecule has 0 aromatic heterocycles. The first-order valence-electron chi connectivity index (χ1n) is 4.89. The van der Waals surface area contributed by atoms with E-state index >= 15 is 0 Å². The van der Waals surface area contributed by atoms with Crippen molar-refractivity contribution in [2.24, 2.45) is 5.73 Å². The molecule has 0 spiro atoms. The number of hydrogen-bond acceptors (Lipinski definition) is 2. The van der Waals surface area contributed by atoms with Crippen molar-refractivity contribution in [2.45, 2.75) is 17.8 Å². The number of benzene rings is 1. The Labute approximate surface area is 91.2 Å². The largest absolute Gasteiger partial charge is 0.494 e. The van der Waals surface area contributed by atoms with Gasteiger partial charge in [-0.1, -0.05) is 6.07 Å². The molecule has 2 N–H and O–H groups in total. The number of methoxy groups -OCH3 is 1. The van der Waals surface area contributed by atoms with Crippen molar-refractivity contribution in [1.82, 2.24) is 0 Å². The third kappa shape index (κ3) is 1.38. The molecule has 1 saturated carbocycles. The summed E-state index contributed by atoms with van der Waals surface area (Å²) in [6.07, 6.45) is -0.286. The highest BCUT2D eigenvalue weighted by Gasteiger charge is 2.71. The lowest BCUT2D eigenvalue weighted by molar-refractivity contribution is 0.0895. The second kappa shape index (κ2) is 3.38. The maximum atomic E-state index is 13.3. The first kappa shape index (κ1) is 11.3. The molecule has 1 aliphatic carbocycles. The number of rotatable bonds is 3. The Balaban J connectivity index is 2.42. The van der Waals surface area contributed by atoms with Crippen molar-refractivity contribution < 1.29 is 17.9 Å². The number of alkyl halides is 2. The lowest BCUT2D eigenvalue weighted by atomic mass is 9.95. The SMILES string of the molecule is COc1cc(C2(CN)CC2(F)F)ccc1F. The highest BCUT2D eigenvalue weighted by atomic mass is 19.3. The second-order valence-corrected chi connectivity index (χ2v) is 4.02. The molecule has 0 heterocycles. The first-order valence-corrected chi connectivity index (χ1v) is 4.89. The van der Waals surface area contributed by atoms with E-state index in [0.717, 1.165) is 6.07 Å². The minimum absolute atomic E-state index is 0.0342. The van der Waals surface area contributed by atoms with Crippen molar-refractivity contribution in [3.8, 4) is 5.75 Å². The maximum absolute atomic E-state index is 13.3. The predicted molar refractivity (Wildman–Crippen MR) is 53.2 cm³/mol. The van der Waals surface area contributed by atoms with Crippen LogP contribution in [0.15, 0.2) is 18.2 Å². The molecule has 1 unspecified atom stereocenters. The Bertz CT molecular complexity index is 422. The van der Waals surface area contributed by atoms with E-state index < -0.39 is 17.2 Å². The van der Waals surface area contributed by atoms with Crippen molar-refractivity contribution in [3.05, 3.63) is 29.6 Å². The van der Waals surface area contributed by atoms with Crippen LogP contribution in [0.4, 0.5) is 13.2 Å². The van der Waals surface area contributed by atoms with Crippen LogP contribution in [-0.2, 0) is 5.41 Å². The Hall–Kier alpha value is -1.23. The van der Waals surface area contributed by atoms with Gasteiger partial charge in [-0.15, -0.1) is 0 Å². The molecule has 2 rings (SSSR count). The zero-order valence-corrected chi connectivity index (χ0v) is 8.77. The van der Waals surface area contributed by atoms with Gasteiger partial charge >= 0.3 is 0 Å². The molecule has 88 valence electrons. The van der Waals surface area contributed by atoms with Crippen LogP contribution in [-0.4, -0.2) is 19.6 Å². The quantitative estimate of drug-likeness (QED) is 0.864. The Morgan fingerprint density at radius 2 is 2.06 bits per heavy atom. The molecule has 1 aliphatic rings. The highest BCUT2D eigenvalue weighted by molar-refractivity contribution is 5.43. The van der Waals surface area contributed by atoms with Gasteiger partial charge < -0.3 is 10.5 Å². The van der Waals surface area contributed by atoms with Gasteiger partial charge in [0.05, 0.1) is 12.5 Å². The number of ether oxygens (including phenoxy) is 1. The van der Waals surface area contributed by atoms with Crippen LogP contribution in [0.2, 0.25) is 0 Å². The summed E-state index contributed by atoms with van der Waals surface area (Å²) < 4.78 is 44.4. The predicted octanol–water partition coefficient (Wildman–Crippen LogP) is 2.07. The van der Waals surface area contributed by atoms with E-state index in [1.165, 1.54) is 19.2 Å². The van der Waals surface area contributed by atoms with E-state index in [4.69, 9.17) is 10.5 Å². The van der Waals surface area contributed by atoms with E-state index in [2.05, 4.69) is 0 Å². The van der Waals surface area contributed by atoms with Gasteiger partial charge in [0, 0.05) is 13.0 Å². The summed E-state index contributed by atoms with van der Waals surface area (Å²) in [5.74, 6) is -3.40. The maximum Gasteiger partial charge on any atom is 0.260 e. The van der Waals surface area contributed by atoms with E-state index in [0.29, 0.717) is 5.56 Å². The summed E-state index contributed by atoms with van der Waals surface area (Å²) in [6, 6.07) is 3.76. The van der Waals surface area contributed by atoms with Crippen LogP contribution in [0.5, 0.6) is 5.75 Å².